The Bertz CT molecular complexity index is 476. The van der Waals surface area contributed by atoms with Crippen LogP contribution in [0.3, 0.4) is 0 Å². The number of halogens is 1. The van der Waals surface area contributed by atoms with E-state index in [0.717, 1.165) is 35.1 Å². The fraction of sp³-hybridized carbons (Fsp3) is 0.500. The lowest BCUT2D eigenvalue weighted by Gasteiger charge is -2.28. The van der Waals surface area contributed by atoms with Crippen molar-refractivity contribution in [3.05, 3.63) is 28.2 Å². The molecule has 1 amide bonds. The Hall–Kier alpha value is -1.07. The minimum atomic E-state index is -0.0464. The van der Waals surface area contributed by atoms with Crippen molar-refractivity contribution in [1.29, 1.82) is 0 Å². The van der Waals surface area contributed by atoms with Gasteiger partial charge >= 0.3 is 0 Å². The number of nitrogens with zero attached hydrogens (tertiary/aromatic N) is 2. The lowest BCUT2D eigenvalue weighted by Crippen LogP contribution is -2.42. The Morgan fingerprint density at radius 2 is 2.21 bits per heavy atom. The fourth-order valence-corrected chi connectivity index (χ4v) is 3.08. The summed E-state index contributed by atoms with van der Waals surface area (Å²) in [5, 5.41) is 0. The van der Waals surface area contributed by atoms with Crippen LogP contribution in [-0.2, 0) is 11.3 Å². The quantitative estimate of drug-likeness (QED) is 0.924. The zero-order valence-electron chi connectivity index (χ0n) is 11.4. The molecule has 1 fully saturated rings. The van der Waals surface area contributed by atoms with Gasteiger partial charge in [0, 0.05) is 37.3 Å². The summed E-state index contributed by atoms with van der Waals surface area (Å²) >= 11 is 3.51. The molecule has 0 aliphatic carbocycles. The second kappa shape index (κ2) is 5.92. The lowest BCUT2D eigenvalue weighted by atomic mass is 10.1. The molecular formula is C14H20BrN3O. The SMILES string of the molecule is CN(C)C(=O)C1CCCN1c1cc(Br)cc(CN)c1. The van der Waals surface area contributed by atoms with Gasteiger partial charge in [-0.2, -0.15) is 0 Å². The van der Waals surface area contributed by atoms with Crippen LogP contribution in [0.4, 0.5) is 5.69 Å². The highest BCUT2D eigenvalue weighted by Gasteiger charge is 2.32. The Morgan fingerprint density at radius 1 is 1.47 bits per heavy atom. The minimum absolute atomic E-state index is 0.0464. The monoisotopic (exact) mass is 325 g/mol. The molecule has 4 nitrogen and oxygen atoms in total. The molecule has 1 saturated heterocycles. The summed E-state index contributed by atoms with van der Waals surface area (Å²) in [4.78, 5) is 16.1. The van der Waals surface area contributed by atoms with Crippen LogP contribution < -0.4 is 10.6 Å². The van der Waals surface area contributed by atoms with Crippen molar-refractivity contribution in [1.82, 2.24) is 4.90 Å². The first-order valence-corrected chi connectivity index (χ1v) is 7.29. The van der Waals surface area contributed by atoms with E-state index in [-0.39, 0.29) is 11.9 Å². The Morgan fingerprint density at radius 3 is 2.84 bits per heavy atom. The van der Waals surface area contributed by atoms with Gasteiger partial charge in [-0.25, -0.2) is 0 Å². The topological polar surface area (TPSA) is 49.6 Å². The summed E-state index contributed by atoms with van der Waals surface area (Å²) in [6.45, 7) is 1.43. The Balaban J connectivity index is 2.29. The van der Waals surface area contributed by atoms with E-state index in [4.69, 9.17) is 5.73 Å². The van der Waals surface area contributed by atoms with Crippen LogP contribution >= 0.6 is 15.9 Å². The second-order valence-electron chi connectivity index (χ2n) is 5.11. The molecule has 0 saturated carbocycles. The summed E-state index contributed by atoms with van der Waals surface area (Å²) in [6, 6.07) is 6.10. The third-order valence-corrected chi connectivity index (χ3v) is 3.95. The van der Waals surface area contributed by atoms with Crippen LogP contribution in [-0.4, -0.2) is 37.5 Å². The van der Waals surface area contributed by atoms with Crippen molar-refractivity contribution < 1.29 is 4.79 Å². The van der Waals surface area contributed by atoms with E-state index in [1.165, 1.54) is 0 Å². The molecule has 1 aromatic rings. The number of nitrogens with two attached hydrogens (primary N) is 1. The molecule has 104 valence electrons. The van der Waals surface area contributed by atoms with Crippen molar-refractivity contribution in [2.75, 3.05) is 25.5 Å². The predicted molar refractivity (Wildman–Crippen MR) is 81.1 cm³/mol. The molecule has 1 atom stereocenters. The third-order valence-electron chi connectivity index (χ3n) is 3.49. The number of hydrogen-bond donors (Lipinski definition) is 1. The van der Waals surface area contributed by atoms with Gasteiger partial charge in [0.15, 0.2) is 0 Å². The van der Waals surface area contributed by atoms with Crippen LogP contribution in [0.25, 0.3) is 0 Å². The van der Waals surface area contributed by atoms with Crippen LogP contribution in [0.2, 0.25) is 0 Å². The molecule has 1 aromatic carbocycles. The van der Waals surface area contributed by atoms with E-state index < -0.39 is 0 Å². The summed E-state index contributed by atoms with van der Waals surface area (Å²) in [5.74, 6) is 0.173. The van der Waals surface area contributed by atoms with E-state index >= 15 is 0 Å². The molecule has 0 bridgehead atoms. The summed E-state index contributed by atoms with van der Waals surface area (Å²) in [7, 11) is 3.62. The average Bonchev–Trinajstić information content (AvgIpc) is 2.85. The first-order chi connectivity index (χ1) is 9.02. The maximum atomic E-state index is 12.2. The number of amides is 1. The van der Waals surface area contributed by atoms with E-state index in [1.807, 2.05) is 20.2 Å². The van der Waals surface area contributed by atoms with Gasteiger partial charge in [0.05, 0.1) is 0 Å². The first kappa shape index (κ1) is 14.3. The van der Waals surface area contributed by atoms with E-state index in [2.05, 4.69) is 33.0 Å². The number of carbonyl (C=O) groups excluding carboxylic acids is 1. The predicted octanol–water partition coefficient (Wildman–Crippen LogP) is 1.96. The number of hydrogen-bond acceptors (Lipinski definition) is 3. The van der Waals surface area contributed by atoms with Crippen molar-refractivity contribution >= 4 is 27.5 Å². The smallest absolute Gasteiger partial charge is 0.244 e. The highest BCUT2D eigenvalue weighted by Crippen LogP contribution is 2.29. The number of anilines is 1. The Kier molecular flexibility index (Phi) is 4.47. The van der Waals surface area contributed by atoms with Gasteiger partial charge in [-0.1, -0.05) is 15.9 Å². The first-order valence-electron chi connectivity index (χ1n) is 6.50. The van der Waals surface area contributed by atoms with Crippen molar-refractivity contribution in [3.63, 3.8) is 0 Å². The van der Waals surface area contributed by atoms with Gasteiger partial charge in [-0.3, -0.25) is 4.79 Å². The molecule has 1 heterocycles. The molecule has 1 aliphatic rings. The van der Waals surface area contributed by atoms with Crippen molar-refractivity contribution in [3.8, 4) is 0 Å². The average molecular weight is 326 g/mol. The standard InChI is InChI=1S/C14H20BrN3O/c1-17(2)14(19)13-4-3-5-18(13)12-7-10(9-16)6-11(15)8-12/h6-8,13H,3-5,9,16H2,1-2H3. The lowest BCUT2D eigenvalue weighted by molar-refractivity contribution is -0.129. The third kappa shape index (κ3) is 3.09. The normalized spacial score (nSPS) is 18.7. The van der Waals surface area contributed by atoms with Crippen LogP contribution in [0.5, 0.6) is 0 Å². The molecule has 5 heteroatoms. The van der Waals surface area contributed by atoms with Gasteiger partial charge < -0.3 is 15.5 Å². The Labute approximate surface area is 122 Å². The molecule has 0 aromatic heterocycles. The molecule has 0 spiro atoms. The van der Waals surface area contributed by atoms with E-state index in [0.29, 0.717) is 6.54 Å². The van der Waals surface area contributed by atoms with Gasteiger partial charge in [0.1, 0.15) is 6.04 Å². The van der Waals surface area contributed by atoms with E-state index in [9.17, 15) is 4.79 Å². The number of rotatable bonds is 3. The van der Waals surface area contributed by atoms with Gasteiger partial charge in [-0.15, -0.1) is 0 Å². The summed E-state index contributed by atoms with van der Waals surface area (Å²) in [5.41, 5.74) is 7.87. The number of carbonyl (C=O) groups is 1. The zero-order chi connectivity index (χ0) is 14.0. The van der Waals surface area contributed by atoms with Crippen molar-refractivity contribution in [2.45, 2.75) is 25.4 Å². The van der Waals surface area contributed by atoms with Crippen LogP contribution in [0, 0.1) is 0 Å². The summed E-state index contributed by atoms with van der Waals surface area (Å²) < 4.78 is 1.01. The molecule has 1 aliphatic heterocycles. The largest absolute Gasteiger partial charge is 0.359 e. The molecule has 0 radical (unpaired) electrons. The van der Waals surface area contributed by atoms with Crippen LogP contribution in [0.1, 0.15) is 18.4 Å². The molecule has 1 unspecified atom stereocenters. The minimum Gasteiger partial charge on any atom is -0.359 e. The summed E-state index contributed by atoms with van der Waals surface area (Å²) in [6.07, 6.45) is 1.97. The van der Waals surface area contributed by atoms with Gasteiger partial charge in [-0.05, 0) is 36.6 Å². The maximum absolute atomic E-state index is 12.2. The molecule has 2 N–H and O–H groups in total. The second-order valence-corrected chi connectivity index (χ2v) is 6.02. The maximum Gasteiger partial charge on any atom is 0.244 e. The fourth-order valence-electron chi connectivity index (χ4n) is 2.55. The molecular weight excluding hydrogens is 306 g/mol. The number of likely N-dealkylation sites (N-methyl/N-ethyl adjacent to an activating group) is 1. The van der Waals surface area contributed by atoms with Crippen molar-refractivity contribution in [2.24, 2.45) is 5.73 Å². The number of benzene rings is 1. The van der Waals surface area contributed by atoms with Gasteiger partial charge in [0.25, 0.3) is 0 Å². The van der Waals surface area contributed by atoms with Gasteiger partial charge in [0.2, 0.25) is 5.91 Å². The highest BCUT2D eigenvalue weighted by molar-refractivity contribution is 9.10. The van der Waals surface area contributed by atoms with Crippen LogP contribution in [0.15, 0.2) is 22.7 Å². The highest BCUT2D eigenvalue weighted by atomic mass is 79.9. The molecule has 2 rings (SSSR count). The zero-order valence-corrected chi connectivity index (χ0v) is 13.0. The van der Waals surface area contributed by atoms with E-state index in [1.54, 1.807) is 4.90 Å². The molecule has 19 heavy (non-hydrogen) atoms.